The van der Waals surface area contributed by atoms with E-state index in [1.165, 1.54) is 6.42 Å². The molecule has 0 unspecified atom stereocenters. The molecular formula is C34H55NO6Si. The van der Waals surface area contributed by atoms with Gasteiger partial charge in [-0.1, -0.05) is 99.1 Å². The molecule has 3 rings (SSSR count). The van der Waals surface area contributed by atoms with Crippen LogP contribution in [-0.4, -0.2) is 55.4 Å². The highest BCUT2D eigenvalue weighted by atomic mass is 28.4. The van der Waals surface area contributed by atoms with E-state index < -0.39 is 26.7 Å². The Labute approximate surface area is 255 Å². The largest absolute Gasteiger partial charge is 0.503 e. The van der Waals surface area contributed by atoms with Crippen molar-refractivity contribution in [1.29, 1.82) is 0 Å². The van der Waals surface area contributed by atoms with Crippen LogP contribution in [0.15, 0.2) is 42.0 Å². The van der Waals surface area contributed by atoms with Crippen molar-refractivity contribution in [3.63, 3.8) is 0 Å². The molecule has 1 aliphatic carbocycles. The first-order valence-corrected chi connectivity index (χ1v) is 18.2. The number of esters is 1. The number of aliphatic hydroxyl groups is 1. The molecule has 0 radical (unpaired) electrons. The van der Waals surface area contributed by atoms with Crippen molar-refractivity contribution in [2.24, 2.45) is 17.8 Å². The molecule has 1 N–H and O–H groups in total. The monoisotopic (exact) mass is 601 g/mol. The number of cyclic esters (lactones) is 1. The molecule has 0 spiro atoms. The highest BCUT2D eigenvalue weighted by molar-refractivity contribution is 6.78. The minimum Gasteiger partial charge on any atom is -0.503 e. The zero-order chi connectivity index (χ0) is 31.2. The normalized spacial score (nSPS) is 23.9. The minimum absolute atomic E-state index is 0.0164. The summed E-state index contributed by atoms with van der Waals surface area (Å²) in [5.74, 6) is 0.904. The molecular weight excluding hydrogens is 546 g/mol. The van der Waals surface area contributed by atoms with Gasteiger partial charge in [0.25, 0.3) is 8.32 Å². The van der Waals surface area contributed by atoms with Gasteiger partial charge in [-0.3, -0.25) is 0 Å². The number of ether oxygens (including phenoxy) is 2. The fourth-order valence-corrected chi connectivity index (χ4v) is 12.4. The van der Waals surface area contributed by atoms with Crippen LogP contribution in [0.5, 0.6) is 0 Å². The first kappa shape index (κ1) is 34.3. The van der Waals surface area contributed by atoms with E-state index in [4.69, 9.17) is 13.9 Å². The predicted molar refractivity (Wildman–Crippen MR) is 169 cm³/mol. The van der Waals surface area contributed by atoms with Crippen LogP contribution in [0.4, 0.5) is 4.79 Å². The molecule has 0 saturated heterocycles. The first-order chi connectivity index (χ1) is 19.8. The van der Waals surface area contributed by atoms with Crippen molar-refractivity contribution in [1.82, 2.24) is 4.90 Å². The molecule has 5 atom stereocenters. The van der Waals surface area contributed by atoms with Gasteiger partial charge < -0.3 is 23.9 Å². The van der Waals surface area contributed by atoms with E-state index in [0.717, 1.165) is 18.4 Å². The molecule has 1 amide bonds. The van der Waals surface area contributed by atoms with E-state index in [1.54, 1.807) is 11.0 Å². The van der Waals surface area contributed by atoms with Crippen molar-refractivity contribution in [3.05, 3.63) is 47.5 Å². The summed E-state index contributed by atoms with van der Waals surface area (Å²) >= 11 is 0. The zero-order valence-electron chi connectivity index (χ0n) is 27.3. The van der Waals surface area contributed by atoms with Gasteiger partial charge in [0.15, 0.2) is 0 Å². The molecule has 1 fully saturated rings. The van der Waals surface area contributed by atoms with E-state index in [-0.39, 0.29) is 47.4 Å². The fourth-order valence-electron chi connectivity index (χ4n) is 7.22. The van der Waals surface area contributed by atoms with Crippen LogP contribution in [0.1, 0.15) is 93.6 Å². The molecule has 42 heavy (non-hydrogen) atoms. The van der Waals surface area contributed by atoms with Crippen LogP contribution in [0.3, 0.4) is 0 Å². The van der Waals surface area contributed by atoms with Crippen LogP contribution in [0.2, 0.25) is 16.6 Å². The predicted octanol–water partition coefficient (Wildman–Crippen LogP) is 7.84. The smallest absolute Gasteiger partial charge is 0.396 e. The third-order valence-electron chi connectivity index (χ3n) is 9.52. The maximum absolute atomic E-state index is 13.8. The molecule has 0 aromatic heterocycles. The summed E-state index contributed by atoms with van der Waals surface area (Å²) in [6.45, 7) is 20.2. The van der Waals surface area contributed by atoms with Gasteiger partial charge in [-0.15, -0.1) is 0 Å². The van der Waals surface area contributed by atoms with Crippen LogP contribution in [0.25, 0.3) is 0 Å². The lowest BCUT2D eigenvalue weighted by molar-refractivity contribution is -0.179. The van der Waals surface area contributed by atoms with Gasteiger partial charge in [0.05, 0.1) is 17.8 Å². The van der Waals surface area contributed by atoms with E-state index >= 15 is 0 Å². The molecule has 1 aliphatic heterocycles. The van der Waals surface area contributed by atoms with E-state index in [1.807, 2.05) is 30.3 Å². The summed E-state index contributed by atoms with van der Waals surface area (Å²) in [6.07, 6.45) is 2.82. The summed E-state index contributed by atoms with van der Waals surface area (Å²) in [7, 11) is -2.47. The average molecular weight is 602 g/mol. The molecule has 8 heteroatoms. The van der Waals surface area contributed by atoms with Crippen LogP contribution >= 0.6 is 0 Å². The zero-order valence-corrected chi connectivity index (χ0v) is 28.3. The van der Waals surface area contributed by atoms with Gasteiger partial charge in [0.2, 0.25) is 6.29 Å². The number of carbonyl (C=O) groups is 2. The summed E-state index contributed by atoms with van der Waals surface area (Å²) in [5.41, 5.74) is 1.94. The van der Waals surface area contributed by atoms with Crippen molar-refractivity contribution < 1.29 is 28.6 Å². The Bertz CT molecular complexity index is 1030. The second kappa shape index (κ2) is 15.0. The third kappa shape index (κ3) is 8.26. The van der Waals surface area contributed by atoms with Gasteiger partial charge >= 0.3 is 12.1 Å². The number of benzene rings is 1. The first-order valence-electron chi connectivity index (χ1n) is 16.0. The van der Waals surface area contributed by atoms with Crippen molar-refractivity contribution >= 4 is 20.4 Å². The number of amides is 1. The Morgan fingerprint density at radius 3 is 2.21 bits per heavy atom. The number of hydrogen-bond donors (Lipinski definition) is 1. The summed E-state index contributed by atoms with van der Waals surface area (Å²) in [5, 5.41) is 11.1. The van der Waals surface area contributed by atoms with E-state index in [9.17, 15) is 14.7 Å². The second-order valence-electron chi connectivity index (χ2n) is 13.8. The lowest BCUT2D eigenvalue weighted by Gasteiger charge is -2.42. The standard InChI is InChI=1S/C34H55NO6Si/c1-22(2)28-16-15-26(9)19-31(28)39-32-20-29(33(37)40-32)30(36)17-18-35(21-27-13-11-10-12-14-27)34(38)41-42(23(3)4,24(5)6)25(7)8/h10-14,20,22-26,28,30-32,36H,15-19,21H2,1-9H3/t26-,28+,30+,31-,32-/m1/s1. The molecule has 7 nitrogen and oxygen atoms in total. The number of carbonyl (C=O) groups excluding carboxylic acids is 2. The second-order valence-corrected chi connectivity index (χ2v) is 19.2. The Balaban J connectivity index is 1.73. The maximum Gasteiger partial charge on any atom is 0.396 e. The molecule has 1 aromatic rings. The minimum atomic E-state index is -2.47. The Kier molecular flexibility index (Phi) is 12.3. The molecule has 2 aliphatic rings. The topological polar surface area (TPSA) is 85.3 Å². The lowest BCUT2D eigenvalue weighted by Crippen LogP contribution is -2.52. The van der Waals surface area contributed by atoms with Crippen molar-refractivity contribution in [2.75, 3.05) is 6.54 Å². The number of hydrogen-bond acceptors (Lipinski definition) is 6. The Hall–Kier alpha value is -2.16. The van der Waals surface area contributed by atoms with E-state index in [0.29, 0.717) is 24.3 Å². The van der Waals surface area contributed by atoms with Crippen LogP contribution < -0.4 is 0 Å². The molecule has 1 saturated carbocycles. The fraction of sp³-hybridized carbons (Fsp3) is 0.706. The quantitative estimate of drug-likeness (QED) is 0.183. The number of aliphatic hydroxyl groups excluding tert-OH is 1. The lowest BCUT2D eigenvalue weighted by atomic mass is 9.75. The summed E-state index contributed by atoms with van der Waals surface area (Å²) in [6, 6.07) is 9.78. The highest BCUT2D eigenvalue weighted by Gasteiger charge is 2.49. The Morgan fingerprint density at radius 2 is 1.64 bits per heavy atom. The highest BCUT2D eigenvalue weighted by Crippen LogP contribution is 2.43. The van der Waals surface area contributed by atoms with Gasteiger partial charge in [-0.25, -0.2) is 9.59 Å². The van der Waals surface area contributed by atoms with Gasteiger partial charge in [-0.05, 0) is 65.3 Å². The third-order valence-corrected chi connectivity index (χ3v) is 15.5. The number of nitrogens with zero attached hydrogens (tertiary/aromatic N) is 1. The maximum atomic E-state index is 13.8. The number of rotatable bonds is 13. The van der Waals surface area contributed by atoms with Crippen molar-refractivity contribution in [3.8, 4) is 0 Å². The molecule has 1 heterocycles. The average Bonchev–Trinajstić information content (AvgIpc) is 3.28. The van der Waals surface area contributed by atoms with Crippen LogP contribution in [0, 0.1) is 17.8 Å². The van der Waals surface area contributed by atoms with Gasteiger partial charge in [0.1, 0.15) is 0 Å². The molecule has 236 valence electrons. The SMILES string of the molecule is CC(C)[C@@H]1CC[C@@H](C)C[C@H]1O[C@H]1C=C([C@@H](O)CCN(Cc2ccccc2)C(=O)O[Si](C(C)C)(C(C)C)C(C)C)C(=O)O1. The molecule has 0 bridgehead atoms. The summed E-state index contributed by atoms with van der Waals surface area (Å²) < 4.78 is 18.3. The van der Waals surface area contributed by atoms with Crippen LogP contribution in [-0.2, 0) is 25.2 Å². The van der Waals surface area contributed by atoms with Gasteiger partial charge in [0, 0.05) is 13.1 Å². The Morgan fingerprint density at radius 1 is 1.02 bits per heavy atom. The van der Waals surface area contributed by atoms with Gasteiger partial charge in [-0.2, -0.15) is 0 Å². The molecule has 1 aromatic carbocycles. The summed E-state index contributed by atoms with van der Waals surface area (Å²) in [4.78, 5) is 28.3. The van der Waals surface area contributed by atoms with Crippen molar-refractivity contribution in [2.45, 2.75) is 130 Å². The van der Waals surface area contributed by atoms with E-state index in [2.05, 4.69) is 62.3 Å².